The Hall–Kier alpha value is -2.24. The molecule has 2 unspecified atom stereocenters. The van der Waals surface area contributed by atoms with Crippen molar-refractivity contribution in [2.45, 2.75) is 111 Å². The number of carbonyl (C=O) groups excluding carboxylic acids is 1. The van der Waals surface area contributed by atoms with Crippen LogP contribution in [0.4, 0.5) is 13.2 Å². The molecule has 0 spiro atoms. The van der Waals surface area contributed by atoms with Gasteiger partial charge in [-0.3, -0.25) is 4.79 Å². The number of rotatable bonds is 7. The molecule has 1 aromatic rings. The second-order valence-corrected chi connectivity index (χ2v) is 10.8. The first kappa shape index (κ1) is 34.0. The molecule has 0 bridgehead atoms. The van der Waals surface area contributed by atoms with Crippen LogP contribution in [-0.2, 0) is 35.2 Å². The molecule has 1 saturated carbocycles. The van der Waals surface area contributed by atoms with Gasteiger partial charge in [-0.25, -0.2) is 11.0 Å². The monoisotopic (exact) mass is 570 g/mol. The maximum absolute atomic E-state index is 13.6. The van der Waals surface area contributed by atoms with Gasteiger partial charge in [0.1, 0.15) is 0 Å². The first-order chi connectivity index (χ1) is 19.1. The fourth-order valence-electron chi connectivity index (χ4n) is 5.62. The Kier molecular flexibility index (Phi) is 13.8. The molecule has 2 atom stereocenters. The molecule has 2 fully saturated rings. The van der Waals surface area contributed by atoms with Crippen molar-refractivity contribution in [1.82, 2.24) is 21.2 Å². The Balaban J connectivity index is 0.00000105. The lowest BCUT2D eigenvalue weighted by atomic mass is 9.85. The lowest BCUT2D eigenvalue weighted by Gasteiger charge is -2.36. The maximum Gasteiger partial charge on any atom is 0.416 e. The van der Waals surface area contributed by atoms with Crippen LogP contribution in [-0.4, -0.2) is 49.7 Å². The molecular weight excluding hydrogens is 521 g/mol. The molecule has 1 saturated heterocycles. The number of halogens is 3. The second-order valence-electron chi connectivity index (χ2n) is 10.8. The lowest BCUT2D eigenvalue weighted by Crippen LogP contribution is -2.45. The highest BCUT2D eigenvalue weighted by atomic mass is 19.4. The number of amides is 1. The van der Waals surface area contributed by atoms with Crippen LogP contribution < -0.4 is 16.3 Å². The summed E-state index contributed by atoms with van der Waals surface area (Å²) in [6, 6.07) is 3.05. The largest absolute Gasteiger partial charge is 0.416 e. The van der Waals surface area contributed by atoms with Crippen LogP contribution in [0.15, 0.2) is 22.5 Å². The molecule has 3 N–H and O–H groups in total. The molecule has 1 aromatic carbocycles. The molecule has 2 aliphatic heterocycles. The van der Waals surface area contributed by atoms with Crippen LogP contribution in [0.3, 0.4) is 0 Å². The number of carbonyl (C=O) groups is 1. The summed E-state index contributed by atoms with van der Waals surface area (Å²) in [7, 11) is 1.62. The molecule has 2 heterocycles. The Bertz CT molecular complexity index is 952. The van der Waals surface area contributed by atoms with Gasteiger partial charge in [0.2, 0.25) is 5.91 Å². The number of hydrazine groups is 1. The second kappa shape index (κ2) is 16.3. The molecular formula is C29H49F3N6O2. The van der Waals surface area contributed by atoms with E-state index in [1.807, 2.05) is 20.8 Å². The fourth-order valence-corrected chi connectivity index (χ4v) is 5.62. The Morgan fingerprint density at radius 3 is 2.45 bits per heavy atom. The number of ether oxygens (including phenoxy) is 1. The molecule has 1 amide bonds. The Labute approximate surface area is 237 Å². The highest BCUT2D eigenvalue weighted by Crippen LogP contribution is 2.41. The molecule has 8 nitrogen and oxygen atoms in total. The van der Waals surface area contributed by atoms with Gasteiger partial charge in [-0.05, 0) is 67.3 Å². The highest BCUT2D eigenvalue weighted by molar-refractivity contribution is 5.83. The fraction of sp³-hybridized carbons (Fsp3) is 0.759. The zero-order chi connectivity index (χ0) is 29.8. The van der Waals surface area contributed by atoms with Gasteiger partial charge in [0.05, 0.1) is 12.1 Å². The molecule has 228 valence electrons. The van der Waals surface area contributed by atoms with Gasteiger partial charge >= 0.3 is 6.18 Å². The first-order valence-corrected chi connectivity index (χ1v) is 14.7. The number of hydrogen-bond acceptors (Lipinski definition) is 6. The van der Waals surface area contributed by atoms with E-state index in [0.29, 0.717) is 30.1 Å². The van der Waals surface area contributed by atoms with Crippen molar-refractivity contribution < 1.29 is 22.7 Å². The van der Waals surface area contributed by atoms with Gasteiger partial charge in [0, 0.05) is 50.8 Å². The Morgan fingerprint density at radius 2 is 1.82 bits per heavy atom. The van der Waals surface area contributed by atoms with E-state index in [-0.39, 0.29) is 25.0 Å². The SMILES string of the molecule is CC.CCC.CNNN=NCc1cc(C(F)(F)F)cc2c1CCN(C(=O)C1(C)CCC(NC3CCOCC3)C1)C2. The summed E-state index contributed by atoms with van der Waals surface area (Å²) in [5, 5.41) is 11.3. The molecule has 0 aromatic heterocycles. The maximum atomic E-state index is 13.6. The third-order valence-corrected chi connectivity index (χ3v) is 7.47. The summed E-state index contributed by atoms with van der Waals surface area (Å²) < 4.78 is 46.3. The molecule has 11 heteroatoms. The average Bonchev–Trinajstić information content (AvgIpc) is 3.33. The summed E-state index contributed by atoms with van der Waals surface area (Å²) in [5.41, 5.74) is 5.69. The average molecular weight is 571 g/mol. The first-order valence-electron chi connectivity index (χ1n) is 14.7. The van der Waals surface area contributed by atoms with E-state index in [0.717, 1.165) is 56.9 Å². The highest BCUT2D eigenvalue weighted by Gasteiger charge is 2.44. The summed E-state index contributed by atoms with van der Waals surface area (Å²) in [6.45, 7) is 12.5. The smallest absolute Gasteiger partial charge is 0.381 e. The zero-order valence-corrected chi connectivity index (χ0v) is 25.1. The van der Waals surface area contributed by atoms with Crippen LogP contribution in [0.5, 0.6) is 0 Å². The standard InChI is InChI=1S/C24H35F3N6O2.C3H8.C2H6/c1-23(7-3-20(13-23)30-19-5-9-35-10-6-19)22(34)33-8-4-21-16(14-29-32-31-28-2)11-18(24(25,26)27)12-17(21)15-33;1-3-2;1-2/h11-12,19-20,30H,3-10,13-15H2,1-2H3,(H,28,32)(H,29,31);3H2,1-2H3;1-2H3. The quantitative estimate of drug-likeness (QED) is 0.278. The summed E-state index contributed by atoms with van der Waals surface area (Å²) >= 11 is 0. The van der Waals surface area contributed by atoms with Gasteiger partial charge in [-0.15, -0.1) is 0 Å². The molecule has 1 aliphatic carbocycles. The van der Waals surface area contributed by atoms with E-state index >= 15 is 0 Å². The number of fused-ring (bicyclic) bond motifs is 1. The van der Waals surface area contributed by atoms with Crippen molar-refractivity contribution in [2.75, 3.05) is 26.8 Å². The van der Waals surface area contributed by atoms with Crippen LogP contribution in [0.2, 0.25) is 0 Å². The number of nitrogens with one attached hydrogen (secondary N) is 3. The molecule has 4 rings (SSSR count). The van der Waals surface area contributed by atoms with E-state index < -0.39 is 17.2 Å². The van der Waals surface area contributed by atoms with Gasteiger partial charge in [-0.2, -0.15) is 18.3 Å². The van der Waals surface area contributed by atoms with Gasteiger partial charge in [0.15, 0.2) is 0 Å². The summed E-state index contributed by atoms with van der Waals surface area (Å²) in [5.74, 6) is 0.0382. The van der Waals surface area contributed by atoms with Crippen LogP contribution >= 0.6 is 0 Å². The van der Waals surface area contributed by atoms with Crippen molar-refractivity contribution >= 4 is 5.91 Å². The number of benzene rings is 1. The van der Waals surface area contributed by atoms with E-state index in [9.17, 15) is 18.0 Å². The minimum absolute atomic E-state index is 0.0339. The number of nitrogens with zero attached hydrogens (tertiary/aromatic N) is 3. The van der Waals surface area contributed by atoms with Crippen molar-refractivity contribution in [3.05, 3.63) is 34.4 Å². The third kappa shape index (κ3) is 9.41. The van der Waals surface area contributed by atoms with Gasteiger partial charge < -0.3 is 15.0 Å². The van der Waals surface area contributed by atoms with E-state index in [1.165, 1.54) is 12.5 Å². The predicted molar refractivity (Wildman–Crippen MR) is 151 cm³/mol. The summed E-state index contributed by atoms with van der Waals surface area (Å²) in [4.78, 5) is 15.3. The Morgan fingerprint density at radius 1 is 1.15 bits per heavy atom. The predicted octanol–water partition coefficient (Wildman–Crippen LogP) is 5.95. The van der Waals surface area contributed by atoms with Crippen molar-refractivity contribution in [1.29, 1.82) is 0 Å². The molecule has 0 radical (unpaired) electrons. The van der Waals surface area contributed by atoms with Crippen LogP contribution in [0.1, 0.15) is 95.4 Å². The normalized spacial score (nSPS) is 23.1. The number of alkyl halides is 3. The topological polar surface area (TPSA) is 90.4 Å². The minimum Gasteiger partial charge on any atom is -0.381 e. The van der Waals surface area contributed by atoms with E-state index in [1.54, 1.807) is 11.9 Å². The minimum atomic E-state index is -4.48. The summed E-state index contributed by atoms with van der Waals surface area (Å²) in [6.07, 6.45) is 1.71. The van der Waals surface area contributed by atoms with E-state index in [2.05, 4.69) is 40.5 Å². The van der Waals surface area contributed by atoms with E-state index in [4.69, 9.17) is 4.74 Å². The molecule has 3 aliphatic rings. The zero-order valence-electron chi connectivity index (χ0n) is 25.1. The van der Waals surface area contributed by atoms with Crippen molar-refractivity contribution in [3.63, 3.8) is 0 Å². The van der Waals surface area contributed by atoms with Crippen molar-refractivity contribution in [3.8, 4) is 0 Å². The van der Waals surface area contributed by atoms with Crippen LogP contribution in [0, 0.1) is 5.41 Å². The van der Waals surface area contributed by atoms with Gasteiger partial charge in [-0.1, -0.05) is 46.3 Å². The van der Waals surface area contributed by atoms with Crippen LogP contribution in [0.25, 0.3) is 0 Å². The molecule has 40 heavy (non-hydrogen) atoms. The van der Waals surface area contributed by atoms with Crippen molar-refractivity contribution in [2.24, 2.45) is 15.8 Å². The third-order valence-electron chi connectivity index (χ3n) is 7.47. The van der Waals surface area contributed by atoms with Gasteiger partial charge in [0.25, 0.3) is 0 Å². The number of hydrogen-bond donors (Lipinski definition) is 3. The lowest BCUT2D eigenvalue weighted by molar-refractivity contribution is -0.142.